The van der Waals surface area contributed by atoms with E-state index in [1.54, 1.807) is 11.8 Å². The average Bonchev–Trinajstić information content (AvgIpc) is 2.49. The third kappa shape index (κ3) is 3.74. The van der Waals surface area contributed by atoms with Gasteiger partial charge in [0, 0.05) is 20.4 Å². The fourth-order valence-corrected chi connectivity index (χ4v) is 1.31. The van der Waals surface area contributed by atoms with Crippen LogP contribution in [0.4, 0.5) is 0 Å². The van der Waals surface area contributed by atoms with Gasteiger partial charge in [-0.05, 0) is 12.8 Å². The van der Waals surface area contributed by atoms with Gasteiger partial charge in [0.25, 0.3) is 0 Å². The molecule has 0 aliphatic heterocycles. The van der Waals surface area contributed by atoms with Crippen molar-refractivity contribution in [3.05, 3.63) is 11.9 Å². The lowest BCUT2D eigenvalue weighted by atomic mass is 10.2. The van der Waals surface area contributed by atoms with Crippen LogP contribution in [0.3, 0.4) is 0 Å². The second-order valence-corrected chi connectivity index (χ2v) is 3.59. The summed E-state index contributed by atoms with van der Waals surface area (Å²) in [5, 5.41) is 7.86. The summed E-state index contributed by atoms with van der Waals surface area (Å²) in [7, 11) is 3.50. The molecule has 1 atom stereocenters. The Kier molecular flexibility index (Phi) is 4.18. The van der Waals surface area contributed by atoms with Gasteiger partial charge in [-0.1, -0.05) is 5.21 Å². The molecule has 1 aromatic rings. The second kappa shape index (κ2) is 5.19. The molecule has 5 heteroatoms. The number of ether oxygens (including phenoxy) is 1. The second-order valence-electron chi connectivity index (χ2n) is 2.97. The molecule has 0 amide bonds. The molecule has 1 heterocycles. The first-order chi connectivity index (χ1) is 6.22. The molecule has 1 unspecified atom stereocenters. The van der Waals surface area contributed by atoms with E-state index in [-0.39, 0.29) is 5.38 Å². The Balaban J connectivity index is 2.26. The Morgan fingerprint density at radius 2 is 2.46 bits per heavy atom. The Bertz CT molecular complexity index is 251. The third-order valence-corrected chi connectivity index (χ3v) is 2.06. The van der Waals surface area contributed by atoms with Gasteiger partial charge in [-0.25, -0.2) is 0 Å². The fourth-order valence-electron chi connectivity index (χ4n) is 1.08. The number of hydrogen-bond donors (Lipinski definition) is 0. The minimum Gasteiger partial charge on any atom is -0.383 e. The van der Waals surface area contributed by atoms with Crippen molar-refractivity contribution < 1.29 is 4.74 Å². The lowest BCUT2D eigenvalue weighted by Gasteiger charge is -2.05. The van der Waals surface area contributed by atoms with E-state index >= 15 is 0 Å². The van der Waals surface area contributed by atoms with Gasteiger partial charge in [0.1, 0.15) is 0 Å². The molecule has 0 fully saturated rings. The summed E-state index contributed by atoms with van der Waals surface area (Å²) in [5.74, 6) is 0. The quantitative estimate of drug-likeness (QED) is 0.671. The minimum absolute atomic E-state index is 0.0620. The van der Waals surface area contributed by atoms with E-state index in [0.717, 1.165) is 18.5 Å². The highest BCUT2D eigenvalue weighted by atomic mass is 35.5. The average molecular weight is 204 g/mol. The van der Waals surface area contributed by atoms with Crippen LogP contribution in [0.15, 0.2) is 6.20 Å². The fraction of sp³-hybridized carbons (Fsp3) is 0.750. The van der Waals surface area contributed by atoms with Crippen LogP contribution >= 0.6 is 11.6 Å². The van der Waals surface area contributed by atoms with Crippen molar-refractivity contribution in [3.8, 4) is 0 Å². The number of hydrogen-bond acceptors (Lipinski definition) is 3. The van der Waals surface area contributed by atoms with Crippen LogP contribution in [-0.2, 0) is 18.2 Å². The molecular formula is C8H14ClN3O. The van der Waals surface area contributed by atoms with Crippen LogP contribution in [-0.4, -0.2) is 34.1 Å². The van der Waals surface area contributed by atoms with Crippen LogP contribution in [0, 0.1) is 0 Å². The van der Waals surface area contributed by atoms with E-state index in [4.69, 9.17) is 16.3 Å². The molecule has 74 valence electrons. The molecule has 13 heavy (non-hydrogen) atoms. The number of alkyl halides is 1. The molecule has 1 rings (SSSR count). The van der Waals surface area contributed by atoms with E-state index in [1.807, 2.05) is 13.2 Å². The van der Waals surface area contributed by atoms with Gasteiger partial charge in [0.2, 0.25) is 0 Å². The first-order valence-electron chi connectivity index (χ1n) is 4.20. The summed E-state index contributed by atoms with van der Waals surface area (Å²) in [6.45, 7) is 0.585. The molecule has 0 saturated carbocycles. The predicted molar refractivity (Wildman–Crippen MR) is 50.8 cm³/mol. The summed E-state index contributed by atoms with van der Waals surface area (Å²) in [6, 6.07) is 0. The normalized spacial score (nSPS) is 13.2. The Morgan fingerprint density at radius 1 is 1.69 bits per heavy atom. The van der Waals surface area contributed by atoms with Crippen LogP contribution in [0.25, 0.3) is 0 Å². The topological polar surface area (TPSA) is 39.9 Å². The highest BCUT2D eigenvalue weighted by molar-refractivity contribution is 6.20. The summed E-state index contributed by atoms with van der Waals surface area (Å²) >= 11 is 5.96. The first kappa shape index (κ1) is 10.5. The van der Waals surface area contributed by atoms with Gasteiger partial charge in [-0.2, -0.15) is 0 Å². The van der Waals surface area contributed by atoms with Crippen LogP contribution < -0.4 is 0 Å². The third-order valence-electron chi connectivity index (χ3n) is 1.71. The van der Waals surface area contributed by atoms with Crippen molar-refractivity contribution in [2.45, 2.75) is 18.2 Å². The van der Waals surface area contributed by atoms with E-state index < -0.39 is 0 Å². The largest absolute Gasteiger partial charge is 0.383 e. The maximum absolute atomic E-state index is 5.96. The smallest absolute Gasteiger partial charge is 0.0827 e. The first-order valence-corrected chi connectivity index (χ1v) is 4.64. The van der Waals surface area contributed by atoms with Crippen molar-refractivity contribution in [2.24, 2.45) is 7.05 Å². The minimum atomic E-state index is 0.0620. The molecule has 0 aliphatic carbocycles. The van der Waals surface area contributed by atoms with E-state index in [1.165, 1.54) is 0 Å². The number of nitrogens with zero attached hydrogens (tertiary/aromatic N) is 3. The van der Waals surface area contributed by atoms with Gasteiger partial charge < -0.3 is 4.74 Å². The van der Waals surface area contributed by atoms with Gasteiger partial charge in [0.15, 0.2) is 0 Å². The number of aryl methyl sites for hydroxylation is 2. The zero-order valence-corrected chi connectivity index (χ0v) is 8.66. The zero-order chi connectivity index (χ0) is 9.68. The van der Waals surface area contributed by atoms with E-state index in [0.29, 0.717) is 6.61 Å². The zero-order valence-electron chi connectivity index (χ0n) is 7.90. The highest BCUT2D eigenvalue weighted by Crippen LogP contribution is 2.06. The van der Waals surface area contributed by atoms with Crippen molar-refractivity contribution in [1.82, 2.24) is 15.0 Å². The molecule has 0 radical (unpaired) electrons. The molecular weight excluding hydrogens is 190 g/mol. The lowest BCUT2D eigenvalue weighted by Crippen LogP contribution is -2.08. The van der Waals surface area contributed by atoms with E-state index in [9.17, 15) is 0 Å². The molecule has 0 N–H and O–H groups in total. The van der Waals surface area contributed by atoms with E-state index in [2.05, 4.69) is 10.3 Å². The molecule has 0 saturated heterocycles. The summed E-state index contributed by atoms with van der Waals surface area (Å²) in [4.78, 5) is 0. The Morgan fingerprint density at radius 3 is 3.00 bits per heavy atom. The van der Waals surface area contributed by atoms with Gasteiger partial charge in [-0.3, -0.25) is 4.68 Å². The number of aromatic nitrogens is 3. The SMILES string of the molecule is COCC(Cl)CCc1cn(C)nn1. The maximum atomic E-state index is 5.96. The summed E-state index contributed by atoms with van der Waals surface area (Å²) in [5.41, 5.74) is 0.976. The van der Waals surface area contributed by atoms with Gasteiger partial charge >= 0.3 is 0 Å². The number of methoxy groups -OCH3 is 1. The van der Waals surface area contributed by atoms with Crippen molar-refractivity contribution in [3.63, 3.8) is 0 Å². The molecule has 0 aromatic carbocycles. The molecule has 4 nitrogen and oxygen atoms in total. The molecule has 1 aromatic heterocycles. The predicted octanol–water partition coefficient (Wildman–Crippen LogP) is 1.00. The summed E-state index contributed by atoms with van der Waals surface area (Å²) in [6.07, 6.45) is 3.62. The summed E-state index contributed by atoms with van der Waals surface area (Å²) < 4.78 is 6.61. The Labute approximate surface area is 82.8 Å². The lowest BCUT2D eigenvalue weighted by molar-refractivity contribution is 0.195. The highest BCUT2D eigenvalue weighted by Gasteiger charge is 2.05. The van der Waals surface area contributed by atoms with Gasteiger partial charge in [0.05, 0.1) is 17.7 Å². The number of halogens is 1. The molecule has 0 spiro atoms. The van der Waals surface area contributed by atoms with Crippen LogP contribution in [0.1, 0.15) is 12.1 Å². The van der Waals surface area contributed by atoms with Gasteiger partial charge in [-0.15, -0.1) is 16.7 Å². The van der Waals surface area contributed by atoms with Crippen LogP contribution in [0.2, 0.25) is 0 Å². The monoisotopic (exact) mass is 203 g/mol. The standard InChI is InChI=1S/C8H14ClN3O/c1-12-5-8(10-11-12)4-3-7(9)6-13-2/h5,7H,3-4,6H2,1-2H3. The van der Waals surface area contributed by atoms with Crippen molar-refractivity contribution in [2.75, 3.05) is 13.7 Å². The molecule has 0 bridgehead atoms. The van der Waals surface area contributed by atoms with Crippen LogP contribution in [0.5, 0.6) is 0 Å². The van der Waals surface area contributed by atoms with Crippen molar-refractivity contribution in [1.29, 1.82) is 0 Å². The molecule has 0 aliphatic rings. The number of rotatable bonds is 5. The van der Waals surface area contributed by atoms with Crippen molar-refractivity contribution >= 4 is 11.6 Å². The Hall–Kier alpha value is -0.610. The maximum Gasteiger partial charge on any atom is 0.0827 e.